The number of aromatic nitrogens is 1. The van der Waals surface area contributed by atoms with Gasteiger partial charge < -0.3 is 13.8 Å². The maximum absolute atomic E-state index is 7.28. The fourth-order valence-electron chi connectivity index (χ4n) is 12.4. The zero-order chi connectivity index (χ0) is 46.6. The molecule has 0 amide bonds. The molecule has 0 atom stereocenters. The van der Waals surface area contributed by atoms with Gasteiger partial charge in [0.2, 0.25) is 0 Å². The van der Waals surface area contributed by atoms with E-state index in [0.717, 1.165) is 11.2 Å². The fourth-order valence-corrected chi connectivity index (χ4v) is 13.6. The number of hydrogen-bond donors (Lipinski definition) is 0. The molecule has 334 valence electrons. The molecule has 0 bridgehead atoms. The largest absolute Gasteiger partial charge is 0.455 e. The van der Waals surface area contributed by atoms with E-state index in [2.05, 4.69) is 209 Å². The van der Waals surface area contributed by atoms with Crippen molar-refractivity contribution < 1.29 is 4.42 Å². The maximum atomic E-state index is 7.28. The van der Waals surface area contributed by atoms with Crippen molar-refractivity contribution >= 4 is 104 Å². The predicted molar refractivity (Wildman–Crippen MR) is 291 cm³/mol. The molecule has 67 heavy (non-hydrogen) atoms. The lowest BCUT2D eigenvalue weighted by atomic mass is 9.43. The molecule has 0 spiro atoms. The highest BCUT2D eigenvalue weighted by molar-refractivity contribution is 7.26. The standard InChI is InChI=1S/C62H61BN2OS/c1-58(2,3)34-18-22-37(23-19-34)65-48-33-51-39(40-31-43-44(32-50(40)67-51)62(12,13)27-26-61(43,10)11)30-42(48)52-53-38-16-14-15-17-49(38)66-57(53)54-41-28-35(59(4,5)6)20-24-46(41)64-47-25-21-36(60(7,8)9)29-45(47)63(65)55(52)56(54)64/h14-25,28-33H,26-27H2,1-13H3. The molecule has 13 rings (SSSR count). The molecular formula is C62H61BN2OS. The topological polar surface area (TPSA) is 21.3 Å². The molecule has 3 nitrogen and oxygen atoms in total. The Kier molecular flexibility index (Phi) is 8.07. The van der Waals surface area contributed by atoms with Crippen LogP contribution in [0.4, 0.5) is 11.4 Å². The summed E-state index contributed by atoms with van der Waals surface area (Å²) in [6.07, 6.45) is 2.40. The van der Waals surface area contributed by atoms with Crippen molar-refractivity contribution in [2.75, 3.05) is 4.81 Å². The van der Waals surface area contributed by atoms with Gasteiger partial charge in [0, 0.05) is 59.0 Å². The second-order valence-corrected chi connectivity index (χ2v) is 25.9. The molecule has 1 aliphatic carbocycles. The monoisotopic (exact) mass is 892 g/mol. The lowest BCUT2D eigenvalue weighted by molar-refractivity contribution is 0.332. The molecule has 0 saturated heterocycles. The Bertz CT molecular complexity index is 3810. The van der Waals surface area contributed by atoms with Gasteiger partial charge in [0.05, 0.1) is 16.4 Å². The SMILES string of the molecule is CC(C)(C)c1ccc(N2B3c4cc(C(C)(C)C)ccc4-n4c5ccc(C(C)(C)C)cc5c5c6oc7ccccc7c6c(c3c54)-c3cc4c(cc32)sc2cc3c(cc24)C(C)(C)CCC3(C)C)cc1. The van der Waals surface area contributed by atoms with E-state index in [9.17, 15) is 0 Å². The van der Waals surface area contributed by atoms with Crippen LogP contribution in [0.2, 0.25) is 0 Å². The minimum Gasteiger partial charge on any atom is -0.455 e. The number of furan rings is 1. The molecule has 3 aromatic heterocycles. The van der Waals surface area contributed by atoms with Gasteiger partial charge in [-0.25, -0.2) is 0 Å². The molecule has 10 aromatic rings. The van der Waals surface area contributed by atoms with Gasteiger partial charge in [-0.1, -0.05) is 139 Å². The van der Waals surface area contributed by atoms with Crippen LogP contribution in [0, 0.1) is 0 Å². The number of thiophene rings is 1. The third-order valence-electron chi connectivity index (χ3n) is 16.5. The number of anilines is 2. The molecular weight excluding hydrogens is 832 g/mol. The smallest absolute Gasteiger partial charge is 0.333 e. The van der Waals surface area contributed by atoms with Gasteiger partial charge in [-0.2, -0.15) is 0 Å². The van der Waals surface area contributed by atoms with Crippen LogP contribution in [-0.2, 0) is 27.1 Å². The van der Waals surface area contributed by atoms with Crippen molar-refractivity contribution in [2.24, 2.45) is 0 Å². The first-order valence-corrected chi connectivity index (χ1v) is 25.5. The lowest BCUT2D eigenvalue weighted by Gasteiger charge is -2.42. The maximum Gasteiger partial charge on any atom is 0.333 e. The number of rotatable bonds is 1. The number of fused-ring (bicyclic) bond motifs is 17. The van der Waals surface area contributed by atoms with Crippen molar-refractivity contribution in [3.63, 3.8) is 0 Å². The summed E-state index contributed by atoms with van der Waals surface area (Å²) in [6.45, 7) is 30.7. The van der Waals surface area contributed by atoms with Crippen molar-refractivity contribution in [3.05, 3.63) is 137 Å². The van der Waals surface area contributed by atoms with Crippen LogP contribution in [0.15, 0.2) is 114 Å². The van der Waals surface area contributed by atoms with Gasteiger partial charge >= 0.3 is 6.85 Å². The Morgan fingerprint density at radius 3 is 1.88 bits per heavy atom. The average molecular weight is 893 g/mol. The molecule has 0 unspecified atom stereocenters. The molecule has 7 aromatic carbocycles. The number of benzene rings is 7. The van der Waals surface area contributed by atoms with E-state index in [1.54, 1.807) is 0 Å². The lowest BCUT2D eigenvalue weighted by Crippen LogP contribution is -2.60. The van der Waals surface area contributed by atoms with Crippen LogP contribution >= 0.6 is 11.3 Å². The highest BCUT2D eigenvalue weighted by Gasteiger charge is 2.47. The fraction of sp³-hybridized carbons (Fsp3) is 0.323. The van der Waals surface area contributed by atoms with Crippen molar-refractivity contribution in [1.29, 1.82) is 0 Å². The Hall–Kier alpha value is -5.78. The Balaban J connectivity index is 1.25. The van der Waals surface area contributed by atoms with E-state index in [4.69, 9.17) is 4.42 Å². The van der Waals surface area contributed by atoms with E-state index in [-0.39, 0.29) is 33.9 Å². The number of nitrogens with zero attached hydrogens (tertiary/aromatic N) is 2. The van der Waals surface area contributed by atoms with Crippen LogP contribution in [0.25, 0.3) is 80.7 Å². The quantitative estimate of drug-likeness (QED) is 0.153. The van der Waals surface area contributed by atoms with Crippen LogP contribution in [0.1, 0.15) is 131 Å². The summed E-state index contributed by atoms with van der Waals surface area (Å²) >= 11 is 1.97. The zero-order valence-corrected chi connectivity index (χ0v) is 42.4. The summed E-state index contributed by atoms with van der Waals surface area (Å²) in [4.78, 5) is 2.73. The Labute approximate surface area is 399 Å². The summed E-state index contributed by atoms with van der Waals surface area (Å²) in [7, 11) is 0. The van der Waals surface area contributed by atoms with Crippen LogP contribution in [0.5, 0.6) is 0 Å². The van der Waals surface area contributed by atoms with E-state index < -0.39 is 0 Å². The first kappa shape index (κ1) is 41.4. The molecule has 3 aliphatic rings. The molecule has 0 N–H and O–H groups in total. The summed E-state index contributed by atoms with van der Waals surface area (Å²) in [5.41, 5.74) is 20.7. The molecule has 5 heteroatoms. The minimum atomic E-state index is -0.111. The van der Waals surface area contributed by atoms with E-state index in [1.807, 2.05) is 11.3 Å². The van der Waals surface area contributed by atoms with Gasteiger partial charge in [0.15, 0.2) is 0 Å². The molecule has 0 saturated carbocycles. The van der Waals surface area contributed by atoms with E-state index in [1.165, 1.54) is 133 Å². The van der Waals surface area contributed by atoms with Gasteiger partial charge in [0.1, 0.15) is 11.2 Å². The zero-order valence-electron chi connectivity index (χ0n) is 41.6. The Morgan fingerprint density at radius 2 is 1.18 bits per heavy atom. The van der Waals surface area contributed by atoms with E-state index in [0.29, 0.717) is 0 Å². The predicted octanol–water partition coefficient (Wildman–Crippen LogP) is 16.5. The van der Waals surface area contributed by atoms with Gasteiger partial charge in [-0.15, -0.1) is 11.3 Å². The third kappa shape index (κ3) is 5.64. The van der Waals surface area contributed by atoms with Crippen LogP contribution in [0.3, 0.4) is 0 Å². The summed E-state index contributed by atoms with van der Waals surface area (Å²) in [5.74, 6) is 0. The number of hydrogen-bond acceptors (Lipinski definition) is 3. The average Bonchev–Trinajstić information content (AvgIpc) is 3.94. The van der Waals surface area contributed by atoms with Gasteiger partial charge in [-0.05, 0) is 145 Å². The summed E-state index contributed by atoms with van der Waals surface area (Å²) in [5, 5.41) is 7.59. The highest BCUT2D eigenvalue weighted by Crippen LogP contribution is 2.55. The van der Waals surface area contributed by atoms with Crippen molar-refractivity contribution in [2.45, 2.75) is 130 Å². The Morgan fingerprint density at radius 1 is 0.567 bits per heavy atom. The molecule has 0 radical (unpaired) electrons. The second-order valence-electron chi connectivity index (χ2n) is 24.9. The normalized spacial score (nSPS) is 16.5. The third-order valence-corrected chi connectivity index (χ3v) is 17.6. The minimum absolute atomic E-state index is 0.0279. The first-order valence-electron chi connectivity index (χ1n) is 24.7. The van der Waals surface area contributed by atoms with E-state index >= 15 is 0 Å². The van der Waals surface area contributed by atoms with Crippen molar-refractivity contribution in [3.8, 4) is 16.8 Å². The molecule has 5 heterocycles. The van der Waals surface area contributed by atoms with Crippen molar-refractivity contribution in [1.82, 2.24) is 4.57 Å². The molecule has 2 aliphatic heterocycles. The van der Waals surface area contributed by atoms with Gasteiger partial charge in [0.25, 0.3) is 0 Å². The van der Waals surface area contributed by atoms with Crippen LogP contribution in [-0.4, -0.2) is 11.4 Å². The number of para-hydroxylation sites is 1. The highest BCUT2D eigenvalue weighted by atomic mass is 32.1. The summed E-state index contributed by atoms with van der Waals surface area (Å²) in [6, 6.07) is 43.2. The molecule has 0 fully saturated rings. The first-order chi connectivity index (χ1) is 31.6. The summed E-state index contributed by atoms with van der Waals surface area (Å²) < 4.78 is 12.6. The van der Waals surface area contributed by atoms with Crippen LogP contribution < -0.4 is 15.7 Å². The van der Waals surface area contributed by atoms with Gasteiger partial charge in [-0.3, -0.25) is 0 Å². The second kappa shape index (κ2) is 13.1.